The van der Waals surface area contributed by atoms with Gasteiger partial charge in [0.1, 0.15) is 0 Å². The number of likely N-dealkylation sites (tertiary alicyclic amines) is 2. The van der Waals surface area contributed by atoms with E-state index in [1.165, 1.54) is 85.2 Å². The molecule has 29 heteroatoms. The number of ether oxygens (including phenoxy) is 4. The Morgan fingerprint density at radius 3 is 1.21 bits per heavy atom. The van der Waals surface area contributed by atoms with Crippen LogP contribution in [0, 0.1) is 34.0 Å². The number of rotatable bonds is 16. The van der Waals surface area contributed by atoms with Gasteiger partial charge in [-0.3, -0.25) is 29.2 Å². The first-order chi connectivity index (χ1) is 48.5. The van der Waals surface area contributed by atoms with Crippen LogP contribution < -0.4 is 28.7 Å². The van der Waals surface area contributed by atoms with E-state index in [0.29, 0.717) is 80.8 Å². The highest BCUT2D eigenvalue weighted by Gasteiger charge is 2.61. The van der Waals surface area contributed by atoms with Crippen molar-refractivity contribution in [3.63, 3.8) is 0 Å². The second kappa shape index (κ2) is 28.9. The molecule has 0 saturated carbocycles. The molecule has 100 heavy (non-hydrogen) atoms. The summed E-state index contributed by atoms with van der Waals surface area (Å²) < 4.78 is 80.9. The molecule has 10 heterocycles. The topological polar surface area (TPSA) is 321 Å². The predicted octanol–water partition coefficient (Wildman–Crippen LogP) is 4.91. The number of nitrogens with one attached hydrogen (secondary N) is 2. The molecule has 8 aliphatic heterocycles. The van der Waals surface area contributed by atoms with Crippen molar-refractivity contribution in [3.05, 3.63) is 167 Å². The molecule has 2 N–H and O–H groups in total. The molecule has 0 radical (unpaired) electrons. The van der Waals surface area contributed by atoms with Crippen molar-refractivity contribution >= 4 is 55.3 Å². The van der Waals surface area contributed by atoms with Crippen LogP contribution in [0.4, 0.5) is 21.0 Å². The molecule has 2 atom stereocenters. The average molecular weight is 1400 g/mol. The average Bonchev–Trinajstić information content (AvgIpc) is 1.54. The maximum absolute atomic E-state index is 15.0. The maximum Gasteiger partial charge on any atom is 0.318 e. The van der Waals surface area contributed by atoms with Crippen molar-refractivity contribution in [2.75, 3.05) is 127 Å². The summed E-state index contributed by atoms with van der Waals surface area (Å²) in [6.07, 6.45) is 7.19. The first-order valence-corrected chi connectivity index (χ1v) is 36.6. The van der Waals surface area contributed by atoms with E-state index in [-0.39, 0.29) is 85.1 Å². The zero-order chi connectivity index (χ0) is 69.9. The van der Waals surface area contributed by atoms with Crippen molar-refractivity contribution in [2.45, 2.75) is 84.6 Å². The minimum atomic E-state index is -4.59. The summed E-state index contributed by atoms with van der Waals surface area (Å²) in [5.74, 6) is -1.81. The van der Waals surface area contributed by atoms with Gasteiger partial charge in [0.15, 0.2) is 11.1 Å². The van der Waals surface area contributed by atoms with Crippen molar-refractivity contribution in [3.8, 4) is 30.0 Å². The summed E-state index contributed by atoms with van der Waals surface area (Å²) in [5, 5.41) is 35.0. The Bertz CT molecular complexity index is 4440. The number of amides is 6. The molecular formula is C71H77N15O12S2. The lowest BCUT2D eigenvalue weighted by Crippen LogP contribution is -2.61. The molecule has 0 aliphatic carbocycles. The van der Waals surface area contributed by atoms with E-state index >= 15 is 4.79 Å². The zero-order valence-electron chi connectivity index (χ0n) is 55.5. The molecule has 6 amide bonds. The standard InChI is InChI=1S/C36H38N8O6S.C35H39N7O6S/c1-2-50-33-30(4-3-13-39-33)36(40-35(46)43-18-16-42(17-19-43)27-11-14-41(15-12-27)28-23-49-24-28)31-20-26(22-38)7-10-32(31)44(34(36)45)51(47,48)29-8-5-25(21-37)6-9-29;1-2-48-32-29(9-6-14-37-32)35(38-34(44)41-19-17-40(18-20-41)26-12-15-39(16-13-26)27-23-47-24-27)30-21-25(22-36)10-11-31(30)42(33(35)43)49(45,46)28-7-4-3-5-8-28/h3-10,13,20,27-28H,2,11-12,14-19,23-24H2,1H3,(H,40,46);3-11,14,21,26-27H,2,12-13,15-20,23-24H2,1H3,(H,38,44)/t;35-/m.1/s1. The third-order valence-electron chi connectivity index (χ3n) is 20.3. The number of aromatic nitrogens is 2. The van der Waals surface area contributed by atoms with Crippen LogP contribution >= 0.6 is 0 Å². The zero-order valence-corrected chi connectivity index (χ0v) is 57.2. The molecule has 6 fully saturated rings. The number of piperidine rings is 2. The van der Waals surface area contributed by atoms with Crippen molar-refractivity contribution in [1.29, 1.82) is 15.8 Å². The van der Waals surface area contributed by atoms with Crippen LogP contribution in [0.15, 0.2) is 137 Å². The van der Waals surface area contributed by atoms with E-state index in [9.17, 15) is 47.0 Å². The van der Waals surface area contributed by atoms with Crippen LogP contribution in [0.1, 0.15) is 78.5 Å². The number of carbonyl (C=O) groups is 4. The lowest BCUT2D eigenvalue weighted by molar-refractivity contribution is -0.122. The molecule has 0 bridgehead atoms. The summed E-state index contributed by atoms with van der Waals surface area (Å²) in [7, 11) is -9.04. The Balaban J connectivity index is 0.000000179. The third-order valence-corrected chi connectivity index (χ3v) is 23.7. The Hall–Kier alpha value is -9.61. The fraction of sp³-hybridized carbons (Fsp3) is 0.423. The van der Waals surface area contributed by atoms with Gasteiger partial charge >= 0.3 is 12.1 Å². The van der Waals surface area contributed by atoms with Crippen molar-refractivity contribution in [2.24, 2.45) is 0 Å². The number of anilines is 2. The van der Waals surface area contributed by atoms with Crippen molar-refractivity contribution in [1.82, 2.24) is 50.0 Å². The number of nitrogens with zero attached hydrogens (tertiary/aromatic N) is 13. The van der Waals surface area contributed by atoms with Gasteiger partial charge in [0.25, 0.3) is 31.9 Å². The molecule has 4 aromatic carbocycles. The van der Waals surface area contributed by atoms with E-state index in [2.05, 4.69) is 52.3 Å². The lowest BCUT2D eigenvalue weighted by atomic mass is 9.83. The molecule has 2 aromatic heterocycles. The number of carbonyl (C=O) groups excluding carboxylic acids is 4. The van der Waals surface area contributed by atoms with Crippen LogP contribution in [0.25, 0.3) is 0 Å². The first-order valence-electron chi connectivity index (χ1n) is 33.7. The fourth-order valence-corrected chi connectivity index (χ4v) is 17.8. The summed E-state index contributed by atoms with van der Waals surface area (Å²) in [6, 6.07) is 34.7. The Morgan fingerprint density at radius 2 is 0.850 bits per heavy atom. The van der Waals surface area contributed by atoms with Gasteiger partial charge in [0, 0.05) is 114 Å². The minimum absolute atomic E-state index is 0.0282. The molecular weight excluding hydrogens is 1320 g/mol. The molecule has 8 aliphatic rings. The summed E-state index contributed by atoms with van der Waals surface area (Å²) in [5.41, 5.74) is -3.09. The van der Waals surface area contributed by atoms with Crippen LogP contribution in [0.3, 0.4) is 0 Å². The van der Waals surface area contributed by atoms with Crippen LogP contribution in [0.2, 0.25) is 0 Å². The third kappa shape index (κ3) is 12.7. The first kappa shape index (κ1) is 68.9. The van der Waals surface area contributed by atoms with E-state index in [1.54, 1.807) is 66.1 Å². The highest BCUT2D eigenvalue weighted by Crippen LogP contribution is 2.51. The number of nitriles is 3. The maximum atomic E-state index is 15.0. The van der Waals surface area contributed by atoms with Gasteiger partial charge in [-0.05, 0) is 137 Å². The lowest BCUT2D eigenvalue weighted by Gasteiger charge is -2.46. The second-order valence-electron chi connectivity index (χ2n) is 25.7. The van der Waals surface area contributed by atoms with Crippen LogP contribution in [-0.4, -0.2) is 222 Å². The number of sulfonamides is 2. The van der Waals surface area contributed by atoms with E-state index < -0.39 is 55.0 Å². The second-order valence-corrected chi connectivity index (χ2v) is 29.3. The Morgan fingerprint density at radius 1 is 0.480 bits per heavy atom. The van der Waals surface area contributed by atoms with Gasteiger partial charge in [0.05, 0.1) is 119 Å². The SMILES string of the molecule is CCOc1ncccc1C1(NC(=O)N2CCN(C3CCN(C4COC4)CC3)CC2)C(=O)N(S(=O)(=O)c2ccc(C#N)cc2)c2ccc(C#N)cc21.CCOc1ncccc1[C@]1(NC(=O)N2CCN(C3CCN(C4COC4)CC3)CC2)C(=O)N(S(=O)(=O)c2ccccc2)c2ccc(C#N)cc21. The number of urea groups is 2. The smallest absolute Gasteiger partial charge is 0.318 e. The van der Waals surface area contributed by atoms with Crippen LogP contribution in [-0.2, 0) is 50.2 Å². The van der Waals surface area contributed by atoms with Gasteiger partial charge < -0.3 is 39.4 Å². The molecule has 520 valence electrons. The Labute approximate surface area is 581 Å². The van der Waals surface area contributed by atoms with Gasteiger partial charge in [0.2, 0.25) is 11.8 Å². The molecule has 6 saturated heterocycles. The number of hydrogen-bond donors (Lipinski definition) is 2. The molecule has 6 aromatic rings. The van der Waals surface area contributed by atoms with E-state index in [0.717, 1.165) is 82.6 Å². The van der Waals surface area contributed by atoms with Gasteiger partial charge in [-0.1, -0.05) is 18.2 Å². The normalized spacial score (nSPS) is 22.0. The molecule has 14 rings (SSSR count). The highest BCUT2D eigenvalue weighted by atomic mass is 32.2. The van der Waals surface area contributed by atoms with E-state index in [4.69, 9.17) is 18.9 Å². The number of fused-ring (bicyclic) bond motifs is 2. The quantitative estimate of drug-likeness (QED) is 0.130. The number of pyridine rings is 2. The number of hydrogen-bond acceptors (Lipinski definition) is 21. The Kier molecular flexibility index (Phi) is 19.9. The predicted molar refractivity (Wildman–Crippen MR) is 363 cm³/mol. The minimum Gasteiger partial charge on any atom is -0.478 e. The van der Waals surface area contributed by atoms with E-state index in [1.807, 2.05) is 6.07 Å². The van der Waals surface area contributed by atoms with Gasteiger partial charge in [-0.15, -0.1) is 0 Å². The van der Waals surface area contributed by atoms with Gasteiger partial charge in [-0.25, -0.2) is 36.4 Å². The van der Waals surface area contributed by atoms with Crippen molar-refractivity contribution < 1.29 is 55.0 Å². The number of piperazine rings is 2. The fourth-order valence-electron chi connectivity index (χ4n) is 14.8. The molecule has 1 unspecified atom stereocenters. The summed E-state index contributed by atoms with van der Waals surface area (Å²) in [4.78, 5) is 80.2. The molecule has 27 nitrogen and oxygen atoms in total. The number of benzene rings is 4. The molecule has 0 spiro atoms. The summed E-state index contributed by atoms with van der Waals surface area (Å²) in [6.45, 7) is 15.5. The monoisotopic (exact) mass is 1400 g/mol. The van der Waals surface area contributed by atoms with Gasteiger partial charge in [-0.2, -0.15) is 24.4 Å². The largest absolute Gasteiger partial charge is 0.478 e. The summed E-state index contributed by atoms with van der Waals surface area (Å²) >= 11 is 0. The highest BCUT2D eigenvalue weighted by molar-refractivity contribution is 7.94. The van der Waals surface area contributed by atoms with Crippen LogP contribution in [0.5, 0.6) is 11.8 Å².